The molecule has 2 aromatic carbocycles. The molecule has 1 atom stereocenters. The van der Waals surface area contributed by atoms with Crippen LogP contribution >= 0.6 is 0 Å². The maximum Gasteiger partial charge on any atom is 0.264 e. The fourth-order valence-corrected chi connectivity index (χ4v) is 6.74. The van der Waals surface area contributed by atoms with E-state index in [0.29, 0.717) is 36.1 Å². The normalized spacial score (nSPS) is 22.3. The molecule has 1 fully saturated rings. The number of nitrogens with zero attached hydrogens (tertiary/aromatic N) is 3. The van der Waals surface area contributed by atoms with Crippen LogP contribution in [0.4, 0.5) is 5.95 Å². The number of aromatic nitrogens is 2. The summed E-state index contributed by atoms with van der Waals surface area (Å²) in [5, 5.41) is 0. The van der Waals surface area contributed by atoms with E-state index in [1.807, 2.05) is 36.9 Å². The van der Waals surface area contributed by atoms with E-state index in [1.54, 1.807) is 18.2 Å². The number of rotatable bonds is 5. The number of aryl methyl sites for hydroxylation is 2. The molecular weight excluding hydrogens is 526 g/mol. The van der Waals surface area contributed by atoms with Crippen molar-refractivity contribution in [3.63, 3.8) is 0 Å². The lowest BCUT2D eigenvalue weighted by molar-refractivity contribution is 0.0159. The van der Waals surface area contributed by atoms with Crippen molar-refractivity contribution in [2.45, 2.75) is 63.9 Å². The number of benzene rings is 2. The highest BCUT2D eigenvalue weighted by Crippen LogP contribution is 2.36. The molecule has 0 spiro atoms. The minimum atomic E-state index is -4.09. The first-order chi connectivity index (χ1) is 19.1. The van der Waals surface area contributed by atoms with Crippen LogP contribution in [0.3, 0.4) is 0 Å². The molecule has 0 saturated heterocycles. The molecule has 0 unspecified atom stereocenters. The molecule has 1 saturated carbocycles. The van der Waals surface area contributed by atoms with Crippen LogP contribution in [0, 0.1) is 25.7 Å². The molecule has 3 N–H and O–H groups in total. The number of fused-ring (bicyclic) bond motifs is 4. The summed E-state index contributed by atoms with van der Waals surface area (Å²) in [5.74, 6) is 0.604. The maximum atomic E-state index is 14.0. The van der Waals surface area contributed by atoms with Gasteiger partial charge in [0.15, 0.2) is 0 Å². The van der Waals surface area contributed by atoms with Gasteiger partial charge < -0.3 is 15.4 Å². The Morgan fingerprint density at radius 3 is 2.45 bits per heavy atom. The van der Waals surface area contributed by atoms with Crippen LogP contribution < -0.4 is 15.2 Å². The molecule has 1 aliphatic carbocycles. The van der Waals surface area contributed by atoms with Gasteiger partial charge in [0, 0.05) is 23.2 Å². The second-order valence-electron chi connectivity index (χ2n) is 11.3. The Kier molecular flexibility index (Phi) is 7.83. The SMILES string of the molecule is Cc1cccc(C)c1-c1cc2nc(n1)NS(=O)(=O)c1cccc(c1)C(=O)N(C1CC(CN)C1)[C@H](CC(C)C)CO2. The van der Waals surface area contributed by atoms with E-state index in [9.17, 15) is 13.2 Å². The molecule has 1 aliphatic heterocycles. The first-order valence-electron chi connectivity index (χ1n) is 13.8. The Labute approximate surface area is 236 Å². The van der Waals surface area contributed by atoms with Crippen LogP contribution in [-0.4, -0.2) is 54.4 Å². The lowest BCUT2D eigenvalue weighted by atomic mass is 9.78. The second kappa shape index (κ2) is 11.2. The minimum Gasteiger partial charge on any atom is -0.475 e. The molecule has 2 heterocycles. The van der Waals surface area contributed by atoms with Crippen LogP contribution in [0.25, 0.3) is 11.3 Å². The Morgan fingerprint density at radius 1 is 1.07 bits per heavy atom. The van der Waals surface area contributed by atoms with Gasteiger partial charge in [0.1, 0.15) is 6.61 Å². The number of nitrogens with two attached hydrogens (primary N) is 1. The third-order valence-corrected chi connectivity index (χ3v) is 9.12. The molecule has 0 radical (unpaired) electrons. The molecule has 4 bridgehead atoms. The molecule has 3 aromatic rings. The lowest BCUT2D eigenvalue weighted by Crippen LogP contribution is -2.55. The number of ether oxygens (including phenoxy) is 1. The van der Waals surface area contributed by atoms with Crippen molar-refractivity contribution >= 4 is 21.9 Å². The van der Waals surface area contributed by atoms with Crippen LogP contribution in [0.2, 0.25) is 0 Å². The molecule has 40 heavy (non-hydrogen) atoms. The quantitative estimate of drug-likeness (QED) is 0.466. The highest BCUT2D eigenvalue weighted by atomic mass is 32.2. The monoisotopic (exact) mass is 563 g/mol. The van der Waals surface area contributed by atoms with Gasteiger partial charge in [0.05, 0.1) is 16.6 Å². The van der Waals surface area contributed by atoms with E-state index in [2.05, 4.69) is 28.5 Å². The average Bonchev–Trinajstić information content (AvgIpc) is 2.87. The number of amides is 1. The van der Waals surface area contributed by atoms with Crippen LogP contribution in [0.5, 0.6) is 5.88 Å². The number of carbonyl (C=O) groups is 1. The molecule has 2 aliphatic rings. The van der Waals surface area contributed by atoms with Crippen molar-refractivity contribution in [2.24, 2.45) is 17.6 Å². The third-order valence-electron chi connectivity index (χ3n) is 7.79. The first kappa shape index (κ1) is 28.0. The number of anilines is 1. The number of nitrogens with one attached hydrogen (secondary N) is 1. The van der Waals surface area contributed by atoms with Gasteiger partial charge in [0.2, 0.25) is 11.8 Å². The Morgan fingerprint density at radius 2 is 1.77 bits per heavy atom. The van der Waals surface area contributed by atoms with E-state index in [1.165, 1.54) is 12.1 Å². The lowest BCUT2D eigenvalue weighted by Gasteiger charge is -2.46. The van der Waals surface area contributed by atoms with Gasteiger partial charge >= 0.3 is 0 Å². The van der Waals surface area contributed by atoms with Gasteiger partial charge in [-0.2, -0.15) is 4.98 Å². The summed E-state index contributed by atoms with van der Waals surface area (Å²) in [5.41, 5.74) is 9.67. The number of hydrogen-bond acceptors (Lipinski definition) is 7. The maximum absolute atomic E-state index is 14.0. The highest BCUT2D eigenvalue weighted by molar-refractivity contribution is 7.92. The van der Waals surface area contributed by atoms with Crippen LogP contribution in [0.15, 0.2) is 53.4 Å². The molecule has 10 heteroatoms. The molecule has 212 valence electrons. The summed E-state index contributed by atoms with van der Waals surface area (Å²) < 4.78 is 35.7. The van der Waals surface area contributed by atoms with E-state index < -0.39 is 10.0 Å². The molecule has 5 rings (SSSR count). The topological polar surface area (TPSA) is 128 Å². The molecule has 9 nitrogen and oxygen atoms in total. The van der Waals surface area contributed by atoms with E-state index in [-0.39, 0.29) is 41.3 Å². The first-order valence-corrected chi connectivity index (χ1v) is 15.3. The molecular formula is C30H37N5O4S. The van der Waals surface area contributed by atoms with Crippen molar-refractivity contribution in [1.29, 1.82) is 0 Å². The van der Waals surface area contributed by atoms with Crippen molar-refractivity contribution in [1.82, 2.24) is 14.9 Å². The van der Waals surface area contributed by atoms with Gasteiger partial charge in [-0.05, 0) is 80.8 Å². The Balaban J connectivity index is 1.65. The van der Waals surface area contributed by atoms with E-state index >= 15 is 0 Å². The third kappa shape index (κ3) is 5.69. The fraction of sp³-hybridized carbons (Fsp3) is 0.433. The Hall–Kier alpha value is -3.50. The largest absolute Gasteiger partial charge is 0.475 e. The van der Waals surface area contributed by atoms with E-state index in [0.717, 1.165) is 29.5 Å². The van der Waals surface area contributed by atoms with Crippen molar-refractivity contribution < 1.29 is 17.9 Å². The minimum absolute atomic E-state index is 0.00283. The standard InChI is InChI=1S/C30H37N5O4S/c1-18(2)11-24-17-39-27-15-26(28-19(3)7-5-8-20(28)4)32-30(33-27)34-40(37,38)25-10-6-9-22(14-25)29(36)35(24)23-12-21(13-23)16-31/h5-10,14-15,18,21,23-24H,11-13,16-17,31H2,1-4H3,(H,32,33,34)/t21?,23?,24-/m1/s1. The van der Waals surface area contributed by atoms with Gasteiger partial charge in [-0.15, -0.1) is 0 Å². The zero-order chi connectivity index (χ0) is 28.6. The highest BCUT2D eigenvalue weighted by Gasteiger charge is 2.40. The van der Waals surface area contributed by atoms with Crippen LogP contribution in [0.1, 0.15) is 54.6 Å². The van der Waals surface area contributed by atoms with Gasteiger partial charge in [0.25, 0.3) is 15.9 Å². The molecule has 1 amide bonds. The van der Waals surface area contributed by atoms with Crippen molar-refractivity contribution in [2.75, 3.05) is 17.9 Å². The van der Waals surface area contributed by atoms with Crippen LogP contribution in [-0.2, 0) is 10.0 Å². The summed E-state index contributed by atoms with van der Waals surface area (Å²) in [6, 6.07) is 13.6. The molecule has 1 aromatic heterocycles. The fourth-order valence-electron chi connectivity index (χ4n) is 5.75. The zero-order valence-electron chi connectivity index (χ0n) is 23.4. The average molecular weight is 564 g/mol. The van der Waals surface area contributed by atoms with Gasteiger partial charge in [-0.3, -0.25) is 4.79 Å². The summed E-state index contributed by atoms with van der Waals surface area (Å²) in [6.45, 7) is 8.99. The summed E-state index contributed by atoms with van der Waals surface area (Å²) >= 11 is 0. The predicted octanol–water partition coefficient (Wildman–Crippen LogP) is 4.55. The number of sulfonamides is 1. The Bertz CT molecular complexity index is 1500. The summed E-state index contributed by atoms with van der Waals surface area (Å²) in [4.78, 5) is 24.9. The summed E-state index contributed by atoms with van der Waals surface area (Å²) in [6.07, 6.45) is 2.34. The van der Waals surface area contributed by atoms with E-state index in [4.69, 9.17) is 10.5 Å². The van der Waals surface area contributed by atoms with Gasteiger partial charge in [-0.25, -0.2) is 18.1 Å². The smallest absolute Gasteiger partial charge is 0.264 e. The second-order valence-corrected chi connectivity index (χ2v) is 13.0. The number of hydrogen-bond donors (Lipinski definition) is 2. The van der Waals surface area contributed by atoms with Crippen molar-refractivity contribution in [3.05, 3.63) is 65.2 Å². The van der Waals surface area contributed by atoms with Gasteiger partial charge in [-0.1, -0.05) is 38.1 Å². The van der Waals surface area contributed by atoms with Crippen molar-refractivity contribution in [3.8, 4) is 17.1 Å². The summed E-state index contributed by atoms with van der Waals surface area (Å²) in [7, 11) is -4.09. The predicted molar refractivity (Wildman–Crippen MR) is 155 cm³/mol. The zero-order valence-corrected chi connectivity index (χ0v) is 24.2. The number of carbonyl (C=O) groups excluding carboxylic acids is 1.